The highest BCUT2D eigenvalue weighted by Crippen LogP contribution is 2.35. The van der Waals surface area contributed by atoms with Gasteiger partial charge in [0.2, 0.25) is 0 Å². The fourth-order valence-electron chi connectivity index (χ4n) is 2.99. The van der Waals surface area contributed by atoms with Gasteiger partial charge in [-0.25, -0.2) is 4.98 Å². The number of non-ortho nitro benzene ring substituents is 1. The Morgan fingerprint density at radius 2 is 1.87 bits per heavy atom. The molecule has 0 spiro atoms. The molecule has 0 aliphatic heterocycles. The molecular weight excluding hydrogens is 414 g/mol. The Balaban J connectivity index is 1.70. The van der Waals surface area contributed by atoms with E-state index in [9.17, 15) is 14.9 Å². The third kappa shape index (κ3) is 4.44. The Hall–Kier alpha value is -4.04. The molecule has 0 bridgehead atoms. The van der Waals surface area contributed by atoms with Gasteiger partial charge in [0.15, 0.2) is 5.13 Å². The van der Waals surface area contributed by atoms with E-state index in [0.29, 0.717) is 22.1 Å². The van der Waals surface area contributed by atoms with Gasteiger partial charge >= 0.3 is 0 Å². The van der Waals surface area contributed by atoms with Crippen molar-refractivity contribution in [3.63, 3.8) is 0 Å². The molecule has 7 nitrogen and oxygen atoms in total. The van der Waals surface area contributed by atoms with Crippen molar-refractivity contribution < 1.29 is 14.5 Å². The zero-order valence-corrected chi connectivity index (χ0v) is 17.3. The summed E-state index contributed by atoms with van der Waals surface area (Å²) in [6.07, 6.45) is 3.04. The lowest BCUT2D eigenvalue weighted by Crippen LogP contribution is -2.23. The number of anilines is 2. The molecule has 1 heterocycles. The van der Waals surface area contributed by atoms with Gasteiger partial charge in [-0.05, 0) is 48.0 Å². The zero-order chi connectivity index (χ0) is 21.8. The van der Waals surface area contributed by atoms with Crippen LogP contribution in [-0.2, 0) is 4.79 Å². The lowest BCUT2D eigenvalue weighted by Gasteiger charge is -2.19. The number of fused-ring (bicyclic) bond motifs is 1. The van der Waals surface area contributed by atoms with Crippen LogP contribution in [0.15, 0.2) is 78.9 Å². The predicted molar refractivity (Wildman–Crippen MR) is 122 cm³/mol. The molecule has 3 aromatic carbocycles. The van der Waals surface area contributed by atoms with Gasteiger partial charge in [0.25, 0.3) is 11.6 Å². The number of aromatic nitrogens is 1. The first-order valence-electron chi connectivity index (χ1n) is 9.31. The molecular formula is C23H17N3O4S. The number of carbonyl (C=O) groups excluding carboxylic acids is 1. The van der Waals surface area contributed by atoms with Gasteiger partial charge in [0.05, 0.1) is 27.9 Å². The number of nitrogens with zero attached hydrogens (tertiary/aromatic N) is 3. The molecule has 0 atom stereocenters. The van der Waals surface area contributed by atoms with Crippen molar-refractivity contribution in [3.8, 4) is 5.75 Å². The van der Waals surface area contributed by atoms with Crippen LogP contribution < -0.4 is 9.64 Å². The van der Waals surface area contributed by atoms with Crippen molar-refractivity contribution in [1.29, 1.82) is 0 Å². The van der Waals surface area contributed by atoms with E-state index < -0.39 is 4.92 Å². The molecule has 1 aromatic heterocycles. The number of ether oxygens (including phenoxy) is 1. The maximum absolute atomic E-state index is 13.2. The van der Waals surface area contributed by atoms with E-state index in [2.05, 4.69) is 4.98 Å². The second kappa shape index (κ2) is 8.76. The van der Waals surface area contributed by atoms with E-state index in [0.717, 1.165) is 10.2 Å². The Morgan fingerprint density at radius 1 is 1.10 bits per heavy atom. The summed E-state index contributed by atoms with van der Waals surface area (Å²) in [5.41, 5.74) is 2.10. The van der Waals surface area contributed by atoms with Crippen molar-refractivity contribution >= 4 is 50.0 Å². The first kappa shape index (κ1) is 20.2. The summed E-state index contributed by atoms with van der Waals surface area (Å²) in [5, 5.41) is 11.4. The summed E-state index contributed by atoms with van der Waals surface area (Å²) in [5.74, 6) is 0.321. The van der Waals surface area contributed by atoms with Gasteiger partial charge in [-0.1, -0.05) is 29.5 Å². The molecule has 0 saturated heterocycles. The Kier molecular flexibility index (Phi) is 5.72. The molecule has 0 unspecified atom stereocenters. The molecule has 0 aliphatic rings. The van der Waals surface area contributed by atoms with Gasteiger partial charge in [-0.2, -0.15) is 0 Å². The summed E-state index contributed by atoms with van der Waals surface area (Å²) >= 11 is 1.41. The highest BCUT2D eigenvalue weighted by molar-refractivity contribution is 7.22. The molecule has 31 heavy (non-hydrogen) atoms. The first-order chi connectivity index (χ1) is 15.0. The monoisotopic (exact) mass is 431 g/mol. The van der Waals surface area contributed by atoms with E-state index >= 15 is 0 Å². The van der Waals surface area contributed by atoms with Crippen molar-refractivity contribution in [1.82, 2.24) is 4.98 Å². The number of thiazole rings is 1. The number of nitro benzene ring substituents is 1. The van der Waals surface area contributed by atoms with Crippen LogP contribution in [0, 0.1) is 10.1 Å². The summed E-state index contributed by atoms with van der Waals surface area (Å²) in [7, 11) is 1.57. The summed E-state index contributed by atoms with van der Waals surface area (Å²) < 4.78 is 6.28. The van der Waals surface area contributed by atoms with Gasteiger partial charge in [0, 0.05) is 24.3 Å². The second-order valence-electron chi connectivity index (χ2n) is 6.52. The fourth-order valence-corrected chi connectivity index (χ4v) is 3.98. The number of amides is 1. The van der Waals surface area contributed by atoms with Crippen LogP contribution >= 0.6 is 11.3 Å². The van der Waals surface area contributed by atoms with E-state index in [1.54, 1.807) is 37.5 Å². The van der Waals surface area contributed by atoms with E-state index in [1.165, 1.54) is 34.4 Å². The van der Waals surface area contributed by atoms with Gasteiger partial charge < -0.3 is 4.74 Å². The first-order valence-corrected chi connectivity index (χ1v) is 10.1. The van der Waals surface area contributed by atoms with Crippen LogP contribution in [0.2, 0.25) is 0 Å². The number of carbonyl (C=O) groups is 1. The highest BCUT2D eigenvalue weighted by Gasteiger charge is 2.20. The van der Waals surface area contributed by atoms with Crippen LogP contribution in [-0.4, -0.2) is 22.9 Å². The standard InChI is InChI=1S/C23H17N3O4S/c1-30-19-6-4-5-18(15-19)25(23-24-20-7-2-3-8-21(20)31-23)22(27)14-11-16-9-12-17(13-10-16)26(28)29/h2-15H,1H3. The average Bonchev–Trinajstić information content (AvgIpc) is 3.21. The van der Waals surface area contributed by atoms with Crippen LogP contribution in [0.5, 0.6) is 5.75 Å². The molecule has 1 amide bonds. The normalized spacial score (nSPS) is 11.0. The maximum Gasteiger partial charge on any atom is 0.269 e. The average molecular weight is 431 g/mol. The molecule has 0 saturated carbocycles. The predicted octanol–water partition coefficient (Wildman–Crippen LogP) is 5.59. The van der Waals surface area contributed by atoms with Crippen molar-refractivity contribution in [3.05, 3.63) is 94.6 Å². The Morgan fingerprint density at radius 3 is 2.58 bits per heavy atom. The van der Waals surface area contributed by atoms with Gasteiger partial charge in [-0.3, -0.25) is 19.8 Å². The zero-order valence-electron chi connectivity index (χ0n) is 16.5. The topological polar surface area (TPSA) is 85.6 Å². The molecule has 0 aliphatic carbocycles. The molecule has 4 rings (SSSR count). The number of hydrogen-bond acceptors (Lipinski definition) is 6. The largest absolute Gasteiger partial charge is 0.497 e. The van der Waals surface area contributed by atoms with Crippen LogP contribution in [0.3, 0.4) is 0 Å². The number of nitro groups is 1. The Labute approximate surface area is 182 Å². The number of para-hydroxylation sites is 1. The quantitative estimate of drug-likeness (QED) is 0.226. The molecule has 0 radical (unpaired) electrons. The number of methoxy groups -OCH3 is 1. The number of rotatable bonds is 6. The van der Waals surface area contributed by atoms with Crippen molar-refractivity contribution in [2.24, 2.45) is 0 Å². The fraction of sp³-hybridized carbons (Fsp3) is 0.0435. The molecule has 0 N–H and O–H groups in total. The second-order valence-corrected chi connectivity index (χ2v) is 7.53. The van der Waals surface area contributed by atoms with Crippen LogP contribution in [0.4, 0.5) is 16.5 Å². The maximum atomic E-state index is 13.2. The number of hydrogen-bond donors (Lipinski definition) is 0. The van der Waals surface area contributed by atoms with Crippen molar-refractivity contribution in [2.75, 3.05) is 12.0 Å². The summed E-state index contributed by atoms with van der Waals surface area (Å²) in [6, 6.07) is 20.9. The molecule has 8 heteroatoms. The van der Waals surface area contributed by atoms with E-state index in [4.69, 9.17) is 4.74 Å². The van der Waals surface area contributed by atoms with Crippen molar-refractivity contribution in [2.45, 2.75) is 0 Å². The molecule has 0 fully saturated rings. The summed E-state index contributed by atoms with van der Waals surface area (Å²) in [4.78, 5) is 29.7. The smallest absolute Gasteiger partial charge is 0.269 e. The lowest BCUT2D eigenvalue weighted by molar-refractivity contribution is -0.384. The van der Waals surface area contributed by atoms with Crippen LogP contribution in [0.1, 0.15) is 5.56 Å². The molecule has 154 valence electrons. The van der Waals surface area contributed by atoms with E-state index in [1.807, 2.05) is 36.4 Å². The number of benzene rings is 3. The van der Waals surface area contributed by atoms with Gasteiger partial charge in [-0.15, -0.1) is 0 Å². The van der Waals surface area contributed by atoms with Gasteiger partial charge in [0.1, 0.15) is 5.75 Å². The lowest BCUT2D eigenvalue weighted by atomic mass is 10.2. The Bertz CT molecular complexity index is 1250. The minimum atomic E-state index is -0.462. The third-order valence-electron chi connectivity index (χ3n) is 4.53. The SMILES string of the molecule is COc1cccc(N(C(=O)C=Cc2ccc([N+](=O)[O-])cc2)c2nc3ccccc3s2)c1. The highest BCUT2D eigenvalue weighted by atomic mass is 32.1. The minimum Gasteiger partial charge on any atom is -0.497 e. The minimum absolute atomic E-state index is 0.00374. The summed E-state index contributed by atoms with van der Waals surface area (Å²) in [6.45, 7) is 0. The van der Waals surface area contributed by atoms with Crippen LogP contribution in [0.25, 0.3) is 16.3 Å². The third-order valence-corrected chi connectivity index (χ3v) is 5.55. The van der Waals surface area contributed by atoms with E-state index in [-0.39, 0.29) is 11.6 Å². The molecule has 4 aromatic rings.